The number of hydrogen-bond donors (Lipinski definition) is 0. The van der Waals surface area contributed by atoms with E-state index in [-0.39, 0.29) is 5.78 Å². The molecule has 3 rings (SSSR count). The van der Waals surface area contributed by atoms with Crippen LogP contribution >= 0.6 is 0 Å². The van der Waals surface area contributed by atoms with Crippen molar-refractivity contribution in [2.75, 3.05) is 0 Å². The van der Waals surface area contributed by atoms with Gasteiger partial charge in [0.25, 0.3) is 0 Å². The molecular weight excluding hydrogens is 264 g/mol. The van der Waals surface area contributed by atoms with Crippen molar-refractivity contribution in [3.63, 3.8) is 0 Å². The minimum atomic E-state index is 0.0360. The van der Waals surface area contributed by atoms with Crippen LogP contribution in [-0.2, 0) is 7.05 Å². The Bertz CT molecular complexity index is 831. The Hall–Kier alpha value is -2.82. The van der Waals surface area contributed by atoms with Gasteiger partial charge in [-0.15, -0.1) is 10.2 Å². The van der Waals surface area contributed by atoms with E-state index in [0.717, 1.165) is 11.0 Å². The summed E-state index contributed by atoms with van der Waals surface area (Å²) in [5, 5.41) is 8.34. The summed E-state index contributed by atoms with van der Waals surface area (Å²) in [4.78, 5) is 15.6. The van der Waals surface area contributed by atoms with Gasteiger partial charge < -0.3 is 4.57 Å². The third-order valence-corrected chi connectivity index (χ3v) is 3.29. The second-order valence-electron chi connectivity index (χ2n) is 4.76. The van der Waals surface area contributed by atoms with Crippen LogP contribution in [0.3, 0.4) is 0 Å². The number of carbonyl (C=O) groups excluding carboxylic acids is 1. The van der Waals surface area contributed by atoms with Crippen LogP contribution in [0.25, 0.3) is 11.0 Å². The number of Topliss-reactive ketones (excluding diaryl/α,β-unsaturated/α-hetero) is 1. The number of imidazole rings is 1. The maximum Gasteiger partial charge on any atom is 0.250 e. The van der Waals surface area contributed by atoms with Gasteiger partial charge in [0.1, 0.15) is 0 Å². The minimum absolute atomic E-state index is 0.0360. The van der Waals surface area contributed by atoms with Gasteiger partial charge in [0, 0.05) is 12.6 Å². The van der Waals surface area contributed by atoms with Gasteiger partial charge in [-0.2, -0.15) is 0 Å². The SMILES string of the molecule is CC(=O)c1ccc(N=Nc2nc3ccccc3n2C)cc1. The van der Waals surface area contributed by atoms with Crippen LogP contribution in [-0.4, -0.2) is 15.3 Å². The van der Waals surface area contributed by atoms with Gasteiger partial charge in [-0.05, 0) is 43.3 Å². The lowest BCUT2D eigenvalue weighted by molar-refractivity contribution is 0.101. The average molecular weight is 278 g/mol. The van der Waals surface area contributed by atoms with Crippen LogP contribution in [0.4, 0.5) is 11.6 Å². The number of hydrogen-bond acceptors (Lipinski definition) is 4. The molecule has 1 heterocycles. The Labute approximate surface area is 122 Å². The van der Waals surface area contributed by atoms with Crippen molar-refractivity contribution in [3.05, 3.63) is 54.1 Å². The molecule has 2 aromatic carbocycles. The molecule has 1 aromatic heterocycles. The van der Waals surface area contributed by atoms with Crippen molar-refractivity contribution in [1.82, 2.24) is 9.55 Å². The summed E-state index contributed by atoms with van der Waals surface area (Å²) in [5.74, 6) is 0.584. The van der Waals surface area contributed by atoms with E-state index in [1.54, 1.807) is 24.3 Å². The second-order valence-corrected chi connectivity index (χ2v) is 4.76. The molecule has 0 amide bonds. The maximum atomic E-state index is 11.2. The first kappa shape index (κ1) is 13.2. The number of fused-ring (bicyclic) bond motifs is 1. The first-order chi connectivity index (χ1) is 10.1. The number of azo groups is 1. The van der Waals surface area contributed by atoms with Gasteiger partial charge in [0.05, 0.1) is 16.7 Å². The molecule has 0 N–H and O–H groups in total. The second kappa shape index (κ2) is 5.28. The molecule has 0 bridgehead atoms. The molecule has 0 saturated carbocycles. The number of ketones is 1. The lowest BCUT2D eigenvalue weighted by Crippen LogP contribution is -1.89. The number of carbonyl (C=O) groups is 1. The van der Waals surface area contributed by atoms with Crippen LogP contribution in [0.15, 0.2) is 58.8 Å². The molecule has 0 atom stereocenters. The summed E-state index contributed by atoms with van der Waals surface area (Å²) in [6.07, 6.45) is 0. The summed E-state index contributed by atoms with van der Waals surface area (Å²) in [6.45, 7) is 1.54. The molecule has 0 saturated heterocycles. The molecule has 0 fully saturated rings. The van der Waals surface area contributed by atoms with Crippen molar-refractivity contribution < 1.29 is 4.79 Å². The number of para-hydroxylation sites is 2. The van der Waals surface area contributed by atoms with Gasteiger partial charge in [-0.25, -0.2) is 4.98 Å². The summed E-state index contributed by atoms with van der Waals surface area (Å²) < 4.78 is 1.89. The van der Waals surface area contributed by atoms with E-state index in [1.807, 2.05) is 35.9 Å². The third kappa shape index (κ3) is 2.58. The van der Waals surface area contributed by atoms with Gasteiger partial charge in [0.15, 0.2) is 5.78 Å². The van der Waals surface area contributed by atoms with Gasteiger partial charge in [0.2, 0.25) is 5.95 Å². The van der Waals surface area contributed by atoms with Gasteiger partial charge in [-0.1, -0.05) is 12.1 Å². The van der Waals surface area contributed by atoms with Crippen LogP contribution in [0, 0.1) is 0 Å². The molecular formula is C16H14N4O. The monoisotopic (exact) mass is 278 g/mol. The Balaban J connectivity index is 1.90. The summed E-state index contributed by atoms with van der Waals surface area (Å²) in [6, 6.07) is 14.9. The van der Waals surface area contributed by atoms with Crippen LogP contribution in [0.5, 0.6) is 0 Å². The van der Waals surface area contributed by atoms with Crippen LogP contribution in [0.2, 0.25) is 0 Å². The summed E-state index contributed by atoms with van der Waals surface area (Å²) in [7, 11) is 1.91. The van der Waals surface area contributed by atoms with E-state index in [4.69, 9.17) is 0 Å². The molecule has 3 aromatic rings. The average Bonchev–Trinajstić information content (AvgIpc) is 2.82. The Kier molecular flexibility index (Phi) is 3.31. The summed E-state index contributed by atoms with van der Waals surface area (Å²) in [5.41, 5.74) is 3.25. The van der Waals surface area contributed by atoms with E-state index in [9.17, 15) is 4.79 Å². The van der Waals surface area contributed by atoms with Crippen molar-refractivity contribution in [3.8, 4) is 0 Å². The Morgan fingerprint density at radius 1 is 1.05 bits per heavy atom. The van der Waals surface area contributed by atoms with Gasteiger partial charge in [-0.3, -0.25) is 4.79 Å². The number of rotatable bonds is 3. The van der Waals surface area contributed by atoms with Crippen LogP contribution < -0.4 is 0 Å². The molecule has 0 aliphatic rings. The predicted molar refractivity (Wildman–Crippen MR) is 81.3 cm³/mol. The largest absolute Gasteiger partial charge is 0.310 e. The number of benzene rings is 2. The first-order valence-electron chi connectivity index (χ1n) is 6.59. The quantitative estimate of drug-likeness (QED) is 0.532. The topological polar surface area (TPSA) is 59.6 Å². The van der Waals surface area contributed by atoms with E-state index in [2.05, 4.69) is 15.2 Å². The Morgan fingerprint density at radius 2 is 1.76 bits per heavy atom. The third-order valence-electron chi connectivity index (χ3n) is 3.29. The van der Waals surface area contributed by atoms with E-state index < -0.39 is 0 Å². The zero-order valence-corrected chi connectivity index (χ0v) is 11.8. The number of nitrogens with zero attached hydrogens (tertiary/aromatic N) is 4. The minimum Gasteiger partial charge on any atom is -0.310 e. The lowest BCUT2D eigenvalue weighted by atomic mass is 10.1. The fraction of sp³-hybridized carbons (Fsp3) is 0.125. The highest BCUT2D eigenvalue weighted by molar-refractivity contribution is 5.94. The highest BCUT2D eigenvalue weighted by Crippen LogP contribution is 2.22. The highest BCUT2D eigenvalue weighted by Gasteiger charge is 2.05. The highest BCUT2D eigenvalue weighted by atomic mass is 16.1. The van der Waals surface area contributed by atoms with E-state index in [1.165, 1.54) is 6.92 Å². The smallest absolute Gasteiger partial charge is 0.250 e. The first-order valence-corrected chi connectivity index (χ1v) is 6.59. The molecule has 5 heteroatoms. The molecule has 21 heavy (non-hydrogen) atoms. The molecule has 5 nitrogen and oxygen atoms in total. The van der Waals surface area contributed by atoms with E-state index in [0.29, 0.717) is 17.2 Å². The molecule has 0 radical (unpaired) electrons. The van der Waals surface area contributed by atoms with E-state index >= 15 is 0 Å². The van der Waals surface area contributed by atoms with Crippen molar-refractivity contribution in [2.45, 2.75) is 6.92 Å². The zero-order valence-electron chi connectivity index (χ0n) is 11.8. The van der Waals surface area contributed by atoms with Crippen molar-refractivity contribution in [1.29, 1.82) is 0 Å². The lowest BCUT2D eigenvalue weighted by Gasteiger charge is -1.97. The van der Waals surface area contributed by atoms with Crippen molar-refractivity contribution in [2.24, 2.45) is 17.3 Å². The molecule has 0 unspecified atom stereocenters. The zero-order chi connectivity index (χ0) is 14.8. The standard InChI is InChI=1S/C16H14N4O/c1-11(21)12-7-9-13(10-8-12)18-19-16-17-14-5-3-4-6-15(14)20(16)2/h3-10H,1-2H3. The van der Waals surface area contributed by atoms with Gasteiger partial charge >= 0.3 is 0 Å². The van der Waals surface area contributed by atoms with Crippen molar-refractivity contribution >= 4 is 28.5 Å². The number of aryl methyl sites for hydroxylation is 1. The summed E-state index contributed by atoms with van der Waals surface area (Å²) >= 11 is 0. The molecule has 0 spiro atoms. The molecule has 0 aliphatic carbocycles. The predicted octanol–water partition coefficient (Wildman–Crippen LogP) is 4.19. The maximum absolute atomic E-state index is 11.2. The molecule has 104 valence electrons. The Morgan fingerprint density at radius 3 is 2.43 bits per heavy atom. The fourth-order valence-electron chi connectivity index (χ4n) is 2.09. The fourth-order valence-corrected chi connectivity index (χ4v) is 2.09. The molecule has 0 aliphatic heterocycles. The van der Waals surface area contributed by atoms with Crippen LogP contribution in [0.1, 0.15) is 17.3 Å². The normalized spacial score (nSPS) is 11.3. The number of aromatic nitrogens is 2.